The van der Waals surface area contributed by atoms with Crippen LogP contribution in [0.4, 0.5) is 17.6 Å². The zero-order valence-electron chi connectivity index (χ0n) is 23.1. The summed E-state index contributed by atoms with van der Waals surface area (Å²) in [4.78, 5) is 19.8. The van der Waals surface area contributed by atoms with Crippen LogP contribution in [0.3, 0.4) is 0 Å². The molecule has 6 aliphatic rings. The van der Waals surface area contributed by atoms with E-state index in [0.29, 0.717) is 39.3 Å². The van der Waals surface area contributed by atoms with Crippen LogP contribution < -0.4 is 10.9 Å². The van der Waals surface area contributed by atoms with E-state index in [-0.39, 0.29) is 36.8 Å². The fourth-order valence-electron chi connectivity index (χ4n) is 8.90. The Labute approximate surface area is 229 Å². The smallest absolute Gasteiger partial charge is 0.380 e. The number of hydrazine groups is 1. The lowest BCUT2D eigenvalue weighted by Crippen LogP contribution is -2.63. The number of fused-ring (bicyclic) bond motifs is 1. The Morgan fingerprint density at radius 2 is 1.85 bits per heavy atom. The predicted molar refractivity (Wildman–Crippen MR) is 138 cm³/mol. The van der Waals surface area contributed by atoms with Gasteiger partial charge in [-0.05, 0) is 82.8 Å². The van der Waals surface area contributed by atoms with Crippen LogP contribution in [0.5, 0.6) is 0 Å². The van der Waals surface area contributed by atoms with Gasteiger partial charge in [0.05, 0.1) is 31.2 Å². The standard InChI is InChI=1S/C28H45F4N5O2/c1-35-17-33-34-25(35)24(29)27(15-39-16-27)19-6-5-7-20(12-19)37-14-22-21(26(37)38)10-18(11-23(22)28(30,31)32)13-36-8-3-2-4-9-36/h18-25,33-34H,2-17H2,1H3/t18?,19?,20?,21?,22?,23?,24-,25?/m0/s1. The molecule has 0 bridgehead atoms. The summed E-state index contributed by atoms with van der Waals surface area (Å²) in [5.41, 5.74) is 5.43. The maximum Gasteiger partial charge on any atom is 0.392 e. The van der Waals surface area contributed by atoms with E-state index in [1.165, 1.54) is 6.42 Å². The van der Waals surface area contributed by atoms with Gasteiger partial charge in [-0.2, -0.15) is 13.2 Å². The average molecular weight is 560 g/mol. The van der Waals surface area contributed by atoms with E-state index in [0.717, 1.165) is 45.2 Å². The first-order valence-corrected chi connectivity index (χ1v) is 15.2. The van der Waals surface area contributed by atoms with Crippen LogP contribution in [0, 0.1) is 35.0 Å². The molecule has 0 radical (unpaired) electrons. The monoisotopic (exact) mass is 559 g/mol. The second-order valence-electron chi connectivity index (χ2n) is 13.4. The minimum absolute atomic E-state index is 0.0384. The van der Waals surface area contributed by atoms with Gasteiger partial charge in [0.25, 0.3) is 0 Å². The number of hydrogen-bond donors (Lipinski definition) is 2. The molecule has 11 heteroatoms. The van der Waals surface area contributed by atoms with Gasteiger partial charge in [-0.15, -0.1) is 0 Å². The van der Waals surface area contributed by atoms with Crippen LogP contribution in [0.1, 0.15) is 57.8 Å². The zero-order chi connectivity index (χ0) is 27.4. The minimum Gasteiger partial charge on any atom is -0.380 e. The van der Waals surface area contributed by atoms with E-state index in [1.54, 1.807) is 4.90 Å². The average Bonchev–Trinajstić information content (AvgIpc) is 3.46. The summed E-state index contributed by atoms with van der Waals surface area (Å²) >= 11 is 0. The van der Waals surface area contributed by atoms with Crippen LogP contribution in [0.15, 0.2) is 0 Å². The van der Waals surface area contributed by atoms with Crippen LogP contribution in [-0.4, -0.2) is 98.3 Å². The molecule has 7 unspecified atom stereocenters. The number of hydrogen-bond acceptors (Lipinski definition) is 6. The third-order valence-corrected chi connectivity index (χ3v) is 11.1. The first-order chi connectivity index (χ1) is 18.7. The number of carbonyl (C=O) groups is 1. The number of alkyl halides is 4. The number of nitrogens with zero attached hydrogens (tertiary/aromatic N) is 3. The van der Waals surface area contributed by atoms with Crippen LogP contribution >= 0.6 is 0 Å². The van der Waals surface area contributed by atoms with Gasteiger partial charge in [0.1, 0.15) is 12.3 Å². The lowest BCUT2D eigenvalue weighted by atomic mass is 9.63. The molecular weight excluding hydrogens is 514 g/mol. The molecule has 0 aromatic carbocycles. The van der Waals surface area contributed by atoms with Crippen LogP contribution in [0.2, 0.25) is 0 Å². The van der Waals surface area contributed by atoms with Crippen molar-refractivity contribution >= 4 is 5.91 Å². The molecule has 2 aliphatic carbocycles. The lowest BCUT2D eigenvalue weighted by Gasteiger charge is -2.53. The van der Waals surface area contributed by atoms with E-state index in [9.17, 15) is 18.0 Å². The highest BCUT2D eigenvalue weighted by atomic mass is 19.4. The lowest BCUT2D eigenvalue weighted by molar-refractivity contribution is -0.205. The summed E-state index contributed by atoms with van der Waals surface area (Å²) in [6, 6.07) is -0.117. The molecule has 0 aromatic rings. The molecule has 39 heavy (non-hydrogen) atoms. The largest absolute Gasteiger partial charge is 0.392 e. The Bertz CT molecular complexity index is 883. The Kier molecular flexibility index (Phi) is 7.93. The third-order valence-electron chi connectivity index (χ3n) is 11.1. The summed E-state index contributed by atoms with van der Waals surface area (Å²) in [5, 5.41) is 0. The highest BCUT2D eigenvalue weighted by Crippen LogP contribution is 2.53. The fraction of sp³-hybridized carbons (Fsp3) is 0.964. The molecule has 4 aliphatic heterocycles. The van der Waals surface area contributed by atoms with E-state index in [2.05, 4.69) is 15.8 Å². The number of nitrogens with one attached hydrogen (secondary N) is 2. The summed E-state index contributed by atoms with van der Waals surface area (Å²) < 4.78 is 64.7. The van der Waals surface area contributed by atoms with Crippen molar-refractivity contribution < 1.29 is 27.1 Å². The molecule has 0 aromatic heterocycles. The maximum atomic E-state index is 16.1. The number of halogens is 4. The number of rotatable bonds is 6. The van der Waals surface area contributed by atoms with Gasteiger partial charge in [-0.1, -0.05) is 12.8 Å². The van der Waals surface area contributed by atoms with Gasteiger partial charge in [0, 0.05) is 25.0 Å². The second-order valence-corrected chi connectivity index (χ2v) is 13.4. The summed E-state index contributed by atoms with van der Waals surface area (Å²) in [5.74, 6) is -2.76. The molecule has 4 heterocycles. The van der Waals surface area contributed by atoms with Crippen molar-refractivity contribution in [3.05, 3.63) is 0 Å². The van der Waals surface area contributed by atoms with Gasteiger partial charge in [0.15, 0.2) is 0 Å². The van der Waals surface area contributed by atoms with Crippen LogP contribution in [0.25, 0.3) is 0 Å². The quantitative estimate of drug-likeness (QED) is 0.487. The summed E-state index contributed by atoms with van der Waals surface area (Å²) in [7, 11) is 1.88. The molecule has 8 atom stereocenters. The van der Waals surface area contributed by atoms with Gasteiger partial charge >= 0.3 is 6.18 Å². The fourth-order valence-corrected chi connectivity index (χ4v) is 8.90. The number of piperidine rings is 1. The van der Waals surface area contributed by atoms with Gasteiger partial charge in [-0.3, -0.25) is 9.69 Å². The molecule has 222 valence electrons. The van der Waals surface area contributed by atoms with Gasteiger partial charge in [0.2, 0.25) is 5.91 Å². The molecule has 4 saturated heterocycles. The second kappa shape index (κ2) is 11.0. The molecule has 6 fully saturated rings. The van der Waals surface area contributed by atoms with Crippen molar-refractivity contribution in [2.45, 2.75) is 82.3 Å². The normalized spacial score (nSPS) is 40.9. The predicted octanol–water partition coefficient (Wildman–Crippen LogP) is 3.37. The Morgan fingerprint density at radius 1 is 1.08 bits per heavy atom. The Hall–Kier alpha value is -1.01. The molecule has 1 amide bonds. The SMILES string of the molecule is CN1CNNC1[C@H](F)C1(C2CCCC(N3CC4C(CC(CN5CCCCC5)CC4C(F)(F)F)C3=O)C2)COC1. The Morgan fingerprint density at radius 3 is 2.49 bits per heavy atom. The van der Waals surface area contributed by atoms with E-state index >= 15 is 4.39 Å². The van der Waals surface area contributed by atoms with Crippen LogP contribution in [-0.2, 0) is 9.53 Å². The minimum atomic E-state index is -4.29. The highest BCUT2D eigenvalue weighted by Gasteiger charge is 2.60. The van der Waals surface area contributed by atoms with Crippen molar-refractivity contribution in [1.82, 2.24) is 25.6 Å². The van der Waals surface area contributed by atoms with Crippen molar-refractivity contribution in [1.29, 1.82) is 0 Å². The first-order valence-electron chi connectivity index (χ1n) is 15.2. The highest BCUT2D eigenvalue weighted by molar-refractivity contribution is 5.82. The number of amides is 1. The summed E-state index contributed by atoms with van der Waals surface area (Å²) in [6.45, 7) is 4.03. The van der Waals surface area contributed by atoms with Crippen molar-refractivity contribution in [3.63, 3.8) is 0 Å². The zero-order valence-corrected chi connectivity index (χ0v) is 23.1. The molecule has 2 N–H and O–H groups in total. The number of likely N-dealkylation sites (tertiary alicyclic amines) is 2. The van der Waals surface area contributed by atoms with E-state index < -0.39 is 41.7 Å². The van der Waals surface area contributed by atoms with Crippen molar-refractivity contribution in [3.8, 4) is 0 Å². The van der Waals surface area contributed by atoms with Crippen molar-refractivity contribution in [2.75, 3.05) is 53.1 Å². The maximum absolute atomic E-state index is 16.1. The topological polar surface area (TPSA) is 60.1 Å². The third kappa shape index (κ3) is 5.24. The Balaban J connectivity index is 1.16. The van der Waals surface area contributed by atoms with Crippen molar-refractivity contribution in [2.24, 2.45) is 35.0 Å². The molecule has 7 nitrogen and oxygen atoms in total. The summed E-state index contributed by atoms with van der Waals surface area (Å²) in [6.07, 6.45) is 1.36. The van der Waals surface area contributed by atoms with Gasteiger partial charge < -0.3 is 14.5 Å². The molecule has 6 rings (SSSR count). The number of carbonyl (C=O) groups excluding carboxylic acids is 1. The van der Waals surface area contributed by atoms with E-state index in [4.69, 9.17) is 4.74 Å². The molecule has 0 spiro atoms. The van der Waals surface area contributed by atoms with Gasteiger partial charge in [-0.25, -0.2) is 15.2 Å². The molecular formula is C28H45F4N5O2. The number of ether oxygens (including phenoxy) is 1. The molecule has 2 saturated carbocycles. The van der Waals surface area contributed by atoms with E-state index in [1.807, 2.05) is 11.9 Å². The first kappa shape index (κ1) is 28.1.